The number of carboxylic acid groups (broad SMARTS) is 1. The molecular formula is C27H28F6N6O3. The van der Waals surface area contributed by atoms with Gasteiger partial charge in [0.2, 0.25) is 11.8 Å². The van der Waals surface area contributed by atoms with E-state index in [0.717, 1.165) is 0 Å². The number of rotatable bonds is 7. The van der Waals surface area contributed by atoms with Crippen molar-refractivity contribution in [3.05, 3.63) is 64.6 Å². The molecule has 0 radical (unpaired) electrons. The summed E-state index contributed by atoms with van der Waals surface area (Å²) in [7, 11) is 4.70. The van der Waals surface area contributed by atoms with Gasteiger partial charge in [-0.2, -0.15) is 26.3 Å². The molecule has 0 unspecified atom stereocenters. The van der Waals surface area contributed by atoms with Crippen LogP contribution in [0.2, 0.25) is 0 Å². The number of anilines is 3. The molecule has 0 saturated heterocycles. The Bertz CT molecular complexity index is 1430. The van der Waals surface area contributed by atoms with E-state index in [2.05, 4.69) is 20.3 Å². The monoisotopic (exact) mass is 598 g/mol. The zero-order valence-corrected chi connectivity index (χ0v) is 23.0. The van der Waals surface area contributed by atoms with Gasteiger partial charge in [0.1, 0.15) is 0 Å². The van der Waals surface area contributed by atoms with Crippen molar-refractivity contribution in [2.24, 2.45) is 0 Å². The molecule has 0 fully saturated rings. The van der Waals surface area contributed by atoms with E-state index in [0.29, 0.717) is 35.6 Å². The second kappa shape index (κ2) is 11.5. The molecule has 3 aromatic rings. The lowest BCUT2D eigenvalue weighted by Crippen LogP contribution is -2.45. The summed E-state index contributed by atoms with van der Waals surface area (Å²) >= 11 is 0. The Morgan fingerprint density at radius 2 is 1.74 bits per heavy atom. The first-order valence-electron chi connectivity index (χ1n) is 12.8. The average Bonchev–Trinajstić information content (AvgIpc) is 2.91. The van der Waals surface area contributed by atoms with Crippen LogP contribution in [-0.2, 0) is 18.8 Å². The summed E-state index contributed by atoms with van der Waals surface area (Å²) in [4.78, 5) is 28.1. The molecule has 2 atom stereocenters. The van der Waals surface area contributed by atoms with Crippen molar-refractivity contribution < 1.29 is 41.0 Å². The molecule has 2 N–H and O–H groups in total. The van der Waals surface area contributed by atoms with Crippen molar-refractivity contribution in [1.82, 2.24) is 15.0 Å². The van der Waals surface area contributed by atoms with E-state index in [4.69, 9.17) is 4.74 Å². The summed E-state index contributed by atoms with van der Waals surface area (Å²) < 4.78 is 85.9. The Labute approximate surface area is 237 Å². The van der Waals surface area contributed by atoms with Crippen molar-refractivity contribution in [3.63, 3.8) is 0 Å². The van der Waals surface area contributed by atoms with Crippen LogP contribution in [0.25, 0.3) is 0 Å². The fourth-order valence-electron chi connectivity index (χ4n) is 4.90. The molecule has 1 amide bonds. The van der Waals surface area contributed by atoms with E-state index < -0.39 is 41.7 Å². The fraction of sp³-hybridized carbons (Fsp3) is 0.407. The summed E-state index contributed by atoms with van der Waals surface area (Å²) in [6, 6.07) is 3.53. The van der Waals surface area contributed by atoms with E-state index >= 15 is 0 Å². The number of pyridine rings is 1. The van der Waals surface area contributed by atoms with Gasteiger partial charge in [-0.1, -0.05) is 6.92 Å². The first-order chi connectivity index (χ1) is 19.6. The number of aromatic nitrogens is 3. The maximum atomic E-state index is 13.5. The predicted octanol–water partition coefficient (Wildman–Crippen LogP) is 6.39. The topological polar surface area (TPSA) is 104 Å². The Balaban J connectivity index is 1.75. The number of benzene rings is 1. The number of hydrogen-bond acceptors (Lipinski definition) is 7. The van der Waals surface area contributed by atoms with Crippen LogP contribution >= 0.6 is 0 Å². The van der Waals surface area contributed by atoms with E-state index in [1.807, 2.05) is 6.92 Å². The highest BCUT2D eigenvalue weighted by molar-refractivity contribution is 5.88. The van der Waals surface area contributed by atoms with E-state index in [1.165, 1.54) is 24.3 Å². The number of alkyl halides is 6. The Morgan fingerprint density at radius 3 is 2.26 bits per heavy atom. The average molecular weight is 599 g/mol. The van der Waals surface area contributed by atoms with Gasteiger partial charge in [-0.05, 0) is 42.7 Å². The van der Waals surface area contributed by atoms with Crippen LogP contribution in [0.3, 0.4) is 0 Å². The predicted molar refractivity (Wildman–Crippen MR) is 142 cm³/mol. The summed E-state index contributed by atoms with van der Waals surface area (Å²) in [5, 5.41) is 13.0. The van der Waals surface area contributed by atoms with Gasteiger partial charge >= 0.3 is 18.4 Å². The number of nitrogens with zero attached hydrogens (tertiary/aromatic N) is 5. The van der Waals surface area contributed by atoms with E-state index in [9.17, 15) is 36.2 Å². The molecule has 9 nitrogen and oxygen atoms in total. The molecule has 4 rings (SSSR count). The molecule has 0 aliphatic carbocycles. The second-order valence-corrected chi connectivity index (χ2v) is 9.92. The molecule has 42 heavy (non-hydrogen) atoms. The van der Waals surface area contributed by atoms with Crippen LogP contribution in [0.1, 0.15) is 53.9 Å². The van der Waals surface area contributed by atoms with Crippen LogP contribution in [0.4, 0.5) is 48.5 Å². The summed E-state index contributed by atoms with van der Waals surface area (Å²) in [5.74, 6) is 0.285. The summed E-state index contributed by atoms with van der Waals surface area (Å²) in [6.07, 6.45) is -9.29. The molecule has 1 aliphatic rings. The molecule has 1 aliphatic heterocycles. The van der Waals surface area contributed by atoms with Gasteiger partial charge in [0, 0.05) is 32.6 Å². The fourth-order valence-corrected chi connectivity index (χ4v) is 4.90. The number of hydrogen-bond donors (Lipinski definition) is 2. The van der Waals surface area contributed by atoms with Crippen molar-refractivity contribution in [1.29, 1.82) is 0 Å². The first-order valence-corrected chi connectivity index (χ1v) is 12.8. The smallest absolute Gasteiger partial charge is 0.416 e. The van der Waals surface area contributed by atoms with E-state index in [1.54, 1.807) is 25.1 Å². The Morgan fingerprint density at radius 1 is 1.10 bits per heavy atom. The van der Waals surface area contributed by atoms with Crippen molar-refractivity contribution >= 4 is 23.4 Å². The van der Waals surface area contributed by atoms with Crippen molar-refractivity contribution in [3.8, 4) is 5.88 Å². The molecule has 226 valence electrons. The molecule has 15 heteroatoms. The van der Waals surface area contributed by atoms with Crippen molar-refractivity contribution in [2.75, 3.05) is 36.3 Å². The number of nitrogens with one attached hydrogen (secondary N) is 1. The van der Waals surface area contributed by atoms with Gasteiger partial charge in [0.05, 0.1) is 53.2 Å². The molecule has 2 aromatic heterocycles. The minimum absolute atomic E-state index is 0.0396. The lowest BCUT2D eigenvalue weighted by Gasteiger charge is -2.38. The van der Waals surface area contributed by atoms with Crippen LogP contribution in [0.15, 0.2) is 36.5 Å². The van der Waals surface area contributed by atoms with Crippen LogP contribution in [0, 0.1) is 0 Å². The van der Waals surface area contributed by atoms with Crippen LogP contribution in [-0.4, -0.2) is 53.4 Å². The minimum Gasteiger partial charge on any atom is -0.481 e. The molecule has 0 spiro atoms. The third-order valence-electron chi connectivity index (χ3n) is 6.88. The molecule has 1 aromatic carbocycles. The maximum absolute atomic E-state index is 13.5. The molecular weight excluding hydrogens is 570 g/mol. The van der Waals surface area contributed by atoms with Crippen LogP contribution < -0.4 is 19.9 Å². The van der Waals surface area contributed by atoms with Gasteiger partial charge in [0.25, 0.3) is 0 Å². The van der Waals surface area contributed by atoms with Crippen molar-refractivity contribution in [2.45, 2.75) is 50.6 Å². The van der Waals surface area contributed by atoms with Crippen LogP contribution in [0.5, 0.6) is 5.88 Å². The highest BCUT2D eigenvalue weighted by atomic mass is 19.4. The summed E-state index contributed by atoms with van der Waals surface area (Å²) in [6.45, 7) is 1.84. The Hall–Kier alpha value is -4.30. The Kier molecular flexibility index (Phi) is 8.41. The third kappa shape index (κ3) is 6.44. The number of amides is 1. The van der Waals surface area contributed by atoms with E-state index in [-0.39, 0.29) is 42.0 Å². The molecule has 0 saturated carbocycles. The highest BCUT2D eigenvalue weighted by Crippen LogP contribution is 2.40. The summed E-state index contributed by atoms with van der Waals surface area (Å²) in [5.41, 5.74) is -1.80. The standard InChI is InChI=1S/C27H28F6N6O3/c1-5-17-12-19(23-20(39(17)25(40)41)6-7-22(37-23)42-4)36-24-34-13-21(38(2)3)18(35-24)10-14-8-15(26(28,29)30)11-16(9-14)27(31,32)33/h6-9,11,13,17,19H,5,10,12H2,1-4H3,(H,40,41)(H,34,35,36)/t17-,19+/m1/s1. The number of methoxy groups -OCH3 is 1. The lowest BCUT2D eigenvalue weighted by atomic mass is 9.93. The zero-order valence-electron chi connectivity index (χ0n) is 23.0. The maximum Gasteiger partial charge on any atom is 0.416 e. The minimum atomic E-state index is -4.99. The largest absolute Gasteiger partial charge is 0.481 e. The SMILES string of the molecule is CC[C@@H]1C[C@H](Nc2ncc(N(C)C)c(Cc3cc(C(F)(F)F)cc(C(F)(F)F)c3)n2)c2nc(OC)ccc2N1C(=O)O. The molecule has 0 bridgehead atoms. The normalized spacial score (nSPS) is 17.0. The number of ether oxygens (including phenoxy) is 1. The number of fused-ring (bicyclic) bond motifs is 1. The first kappa shape index (κ1) is 30.7. The number of carbonyl (C=O) groups is 1. The van der Waals surface area contributed by atoms with Gasteiger partial charge < -0.3 is 20.1 Å². The molecule has 3 heterocycles. The highest BCUT2D eigenvalue weighted by Gasteiger charge is 2.38. The third-order valence-corrected chi connectivity index (χ3v) is 6.88. The quantitative estimate of drug-likeness (QED) is 0.302. The van der Waals surface area contributed by atoms with Gasteiger partial charge in [-0.3, -0.25) is 4.90 Å². The van der Waals surface area contributed by atoms with Gasteiger partial charge in [0.15, 0.2) is 0 Å². The number of halogens is 6. The lowest BCUT2D eigenvalue weighted by molar-refractivity contribution is -0.143. The van der Waals surface area contributed by atoms with Gasteiger partial charge in [-0.25, -0.2) is 19.7 Å². The van der Waals surface area contributed by atoms with Gasteiger partial charge in [-0.15, -0.1) is 0 Å². The second-order valence-electron chi connectivity index (χ2n) is 9.92. The zero-order chi connectivity index (χ0) is 31.0.